The molecular formula is C12H12F3N3O. The molecule has 0 aliphatic carbocycles. The van der Waals surface area contributed by atoms with E-state index in [0.29, 0.717) is 17.3 Å². The number of nitrogens with zero attached hydrogens (tertiary/aromatic N) is 2. The summed E-state index contributed by atoms with van der Waals surface area (Å²) in [5, 5.41) is 6.10. The van der Waals surface area contributed by atoms with Crippen molar-refractivity contribution in [3.8, 4) is 11.4 Å². The Morgan fingerprint density at radius 3 is 2.74 bits per heavy atom. The molecule has 0 atom stereocenters. The molecule has 0 unspecified atom stereocenters. The Labute approximate surface area is 107 Å². The molecule has 0 radical (unpaired) electrons. The topological polar surface area (TPSA) is 51.0 Å². The number of rotatable bonds is 4. The number of aryl methyl sites for hydroxylation is 1. The highest BCUT2D eigenvalue weighted by atomic mass is 19.4. The number of hydrogen-bond donors (Lipinski definition) is 1. The summed E-state index contributed by atoms with van der Waals surface area (Å²) in [6.07, 6.45) is -4.21. The van der Waals surface area contributed by atoms with E-state index in [0.717, 1.165) is 5.56 Å². The molecule has 0 saturated carbocycles. The quantitative estimate of drug-likeness (QED) is 0.928. The Balaban J connectivity index is 2.03. The highest BCUT2D eigenvalue weighted by Gasteiger charge is 2.26. The minimum Gasteiger partial charge on any atom is -0.339 e. The highest BCUT2D eigenvalue weighted by Crippen LogP contribution is 2.17. The first kappa shape index (κ1) is 13.5. The Morgan fingerprint density at radius 1 is 1.32 bits per heavy atom. The molecule has 2 rings (SSSR count). The van der Waals surface area contributed by atoms with Gasteiger partial charge in [0.15, 0.2) is 0 Å². The minimum atomic E-state index is -4.21. The number of halogens is 3. The van der Waals surface area contributed by atoms with Gasteiger partial charge in [0.05, 0.1) is 6.54 Å². The Morgan fingerprint density at radius 2 is 2.11 bits per heavy atom. The first-order valence-electron chi connectivity index (χ1n) is 5.61. The van der Waals surface area contributed by atoms with Gasteiger partial charge in [0.25, 0.3) is 0 Å². The fourth-order valence-electron chi connectivity index (χ4n) is 1.59. The predicted molar refractivity (Wildman–Crippen MR) is 62.2 cm³/mol. The normalized spacial score (nSPS) is 11.8. The van der Waals surface area contributed by atoms with Crippen LogP contribution in [0, 0.1) is 6.92 Å². The van der Waals surface area contributed by atoms with Crippen LogP contribution in [0.5, 0.6) is 0 Å². The van der Waals surface area contributed by atoms with E-state index in [4.69, 9.17) is 4.52 Å². The fourth-order valence-corrected chi connectivity index (χ4v) is 1.59. The molecule has 0 aliphatic heterocycles. The molecule has 1 aromatic heterocycles. The second kappa shape index (κ2) is 5.40. The number of nitrogens with one attached hydrogen (secondary N) is 1. The van der Waals surface area contributed by atoms with Crippen LogP contribution in [0.3, 0.4) is 0 Å². The average molecular weight is 271 g/mol. The van der Waals surface area contributed by atoms with Gasteiger partial charge in [0, 0.05) is 19.0 Å². The van der Waals surface area contributed by atoms with Crippen LogP contribution >= 0.6 is 0 Å². The van der Waals surface area contributed by atoms with Crippen LogP contribution in [0.15, 0.2) is 28.8 Å². The largest absolute Gasteiger partial charge is 0.401 e. The zero-order chi connectivity index (χ0) is 13.9. The summed E-state index contributed by atoms with van der Waals surface area (Å²) in [7, 11) is 0. The number of benzene rings is 1. The summed E-state index contributed by atoms with van der Waals surface area (Å²) in [6, 6.07) is 6.98. The third-order valence-electron chi connectivity index (χ3n) is 2.37. The summed E-state index contributed by atoms with van der Waals surface area (Å²) < 4.78 is 40.9. The van der Waals surface area contributed by atoms with Crippen molar-refractivity contribution in [2.75, 3.05) is 6.54 Å². The highest BCUT2D eigenvalue weighted by molar-refractivity contribution is 5.55. The van der Waals surface area contributed by atoms with E-state index >= 15 is 0 Å². The zero-order valence-corrected chi connectivity index (χ0v) is 10.2. The number of alkyl halides is 3. The second-order valence-corrected chi connectivity index (χ2v) is 4.06. The molecule has 0 amide bonds. The summed E-state index contributed by atoms with van der Waals surface area (Å²) in [4.78, 5) is 4.06. The maximum atomic E-state index is 12.0. The maximum Gasteiger partial charge on any atom is 0.401 e. The van der Waals surface area contributed by atoms with Gasteiger partial charge in [0.2, 0.25) is 11.7 Å². The molecule has 0 saturated heterocycles. The lowest BCUT2D eigenvalue weighted by molar-refractivity contribution is -0.125. The standard InChI is InChI=1S/C12H12F3N3O/c1-8-17-11(18-19-8)10-4-2-3-9(5-10)6-16-7-12(13,14)15/h2-5,16H,6-7H2,1H3. The molecule has 2 aromatic rings. The second-order valence-electron chi connectivity index (χ2n) is 4.06. The smallest absolute Gasteiger partial charge is 0.339 e. The average Bonchev–Trinajstić information content (AvgIpc) is 2.75. The molecule has 4 nitrogen and oxygen atoms in total. The van der Waals surface area contributed by atoms with E-state index in [1.807, 2.05) is 0 Å². The van der Waals surface area contributed by atoms with Gasteiger partial charge in [-0.15, -0.1) is 0 Å². The van der Waals surface area contributed by atoms with Crippen LogP contribution in [-0.2, 0) is 6.54 Å². The van der Waals surface area contributed by atoms with Crippen molar-refractivity contribution in [1.29, 1.82) is 0 Å². The van der Waals surface area contributed by atoms with Gasteiger partial charge in [0.1, 0.15) is 0 Å². The van der Waals surface area contributed by atoms with Crippen LogP contribution in [0.4, 0.5) is 13.2 Å². The summed E-state index contributed by atoms with van der Waals surface area (Å²) >= 11 is 0. The third kappa shape index (κ3) is 4.06. The Kier molecular flexibility index (Phi) is 3.84. The molecule has 0 bridgehead atoms. The van der Waals surface area contributed by atoms with Crippen molar-refractivity contribution in [2.45, 2.75) is 19.6 Å². The van der Waals surface area contributed by atoms with Crippen molar-refractivity contribution in [3.63, 3.8) is 0 Å². The van der Waals surface area contributed by atoms with Crippen LogP contribution < -0.4 is 5.32 Å². The van der Waals surface area contributed by atoms with Gasteiger partial charge >= 0.3 is 6.18 Å². The van der Waals surface area contributed by atoms with Crippen molar-refractivity contribution in [1.82, 2.24) is 15.5 Å². The van der Waals surface area contributed by atoms with E-state index in [2.05, 4.69) is 15.5 Å². The van der Waals surface area contributed by atoms with Crippen LogP contribution in [0.1, 0.15) is 11.5 Å². The lowest BCUT2D eigenvalue weighted by atomic mass is 10.1. The van der Waals surface area contributed by atoms with E-state index in [1.165, 1.54) is 0 Å². The third-order valence-corrected chi connectivity index (χ3v) is 2.37. The number of hydrogen-bond acceptors (Lipinski definition) is 4. The summed E-state index contributed by atoms with van der Waals surface area (Å²) in [5.74, 6) is 0.866. The molecule has 0 fully saturated rings. The van der Waals surface area contributed by atoms with Crippen LogP contribution in [-0.4, -0.2) is 22.9 Å². The SMILES string of the molecule is Cc1nc(-c2cccc(CNCC(F)(F)F)c2)no1. The monoisotopic (exact) mass is 271 g/mol. The molecule has 1 aromatic carbocycles. The zero-order valence-electron chi connectivity index (χ0n) is 10.2. The first-order valence-corrected chi connectivity index (χ1v) is 5.61. The minimum absolute atomic E-state index is 0.129. The van der Waals surface area contributed by atoms with Gasteiger partial charge in [-0.3, -0.25) is 0 Å². The fraction of sp³-hybridized carbons (Fsp3) is 0.333. The van der Waals surface area contributed by atoms with Crippen molar-refractivity contribution >= 4 is 0 Å². The lowest BCUT2D eigenvalue weighted by Crippen LogP contribution is -2.28. The van der Waals surface area contributed by atoms with Gasteiger partial charge in [-0.25, -0.2) is 0 Å². The van der Waals surface area contributed by atoms with Crippen LogP contribution in [0.25, 0.3) is 11.4 Å². The van der Waals surface area contributed by atoms with E-state index in [-0.39, 0.29) is 6.54 Å². The van der Waals surface area contributed by atoms with Gasteiger partial charge < -0.3 is 9.84 Å². The maximum absolute atomic E-state index is 12.0. The van der Waals surface area contributed by atoms with Crippen molar-refractivity contribution in [3.05, 3.63) is 35.7 Å². The van der Waals surface area contributed by atoms with Crippen molar-refractivity contribution in [2.24, 2.45) is 0 Å². The summed E-state index contributed by atoms with van der Waals surface area (Å²) in [6.45, 7) is 0.786. The van der Waals surface area contributed by atoms with E-state index in [9.17, 15) is 13.2 Å². The Bertz CT molecular complexity index is 551. The first-order chi connectivity index (χ1) is 8.94. The molecular weight excluding hydrogens is 259 g/mol. The van der Waals surface area contributed by atoms with E-state index < -0.39 is 12.7 Å². The predicted octanol–water partition coefficient (Wildman–Crippen LogP) is 2.70. The lowest BCUT2D eigenvalue weighted by Gasteiger charge is -2.08. The van der Waals surface area contributed by atoms with Gasteiger partial charge in [-0.1, -0.05) is 23.4 Å². The molecule has 1 heterocycles. The Hall–Kier alpha value is -1.89. The number of aromatic nitrogens is 2. The van der Waals surface area contributed by atoms with Crippen LogP contribution in [0.2, 0.25) is 0 Å². The molecule has 19 heavy (non-hydrogen) atoms. The molecule has 0 spiro atoms. The molecule has 102 valence electrons. The van der Waals surface area contributed by atoms with Gasteiger partial charge in [-0.2, -0.15) is 18.2 Å². The summed E-state index contributed by atoms with van der Waals surface area (Å²) in [5.41, 5.74) is 1.44. The van der Waals surface area contributed by atoms with Crippen molar-refractivity contribution < 1.29 is 17.7 Å². The molecule has 7 heteroatoms. The van der Waals surface area contributed by atoms with Gasteiger partial charge in [-0.05, 0) is 11.6 Å². The molecule has 0 aliphatic rings. The molecule has 1 N–H and O–H groups in total. The van der Waals surface area contributed by atoms with E-state index in [1.54, 1.807) is 31.2 Å².